The number of nitrogens with one attached hydrogen (secondary N) is 1. The van der Waals surface area contributed by atoms with Crippen molar-refractivity contribution in [3.05, 3.63) is 29.8 Å². The molecule has 0 heterocycles. The van der Waals surface area contributed by atoms with E-state index in [4.69, 9.17) is 4.74 Å². The van der Waals surface area contributed by atoms with Gasteiger partial charge in [0.15, 0.2) is 0 Å². The van der Waals surface area contributed by atoms with Crippen molar-refractivity contribution in [2.75, 3.05) is 13.2 Å². The summed E-state index contributed by atoms with van der Waals surface area (Å²) < 4.78 is 5.48. The maximum Gasteiger partial charge on any atom is 0.119 e. The van der Waals surface area contributed by atoms with E-state index in [2.05, 4.69) is 43.4 Å². The molecular formula is C17H29NO. The van der Waals surface area contributed by atoms with Gasteiger partial charge in [-0.25, -0.2) is 0 Å². The topological polar surface area (TPSA) is 21.3 Å². The number of rotatable bonds is 10. The van der Waals surface area contributed by atoms with Crippen molar-refractivity contribution in [1.29, 1.82) is 0 Å². The molecule has 2 nitrogen and oxygen atoms in total. The van der Waals surface area contributed by atoms with Crippen molar-refractivity contribution >= 4 is 0 Å². The largest absolute Gasteiger partial charge is 0.494 e. The van der Waals surface area contributed by atoms with E-state index in [1.165, 1.54) is 31.2 Å². The molecule has 1 aromatic carbocycles. The molecule has 1 unspecified atom stereocenters. The average molecular weight is 263 g/mol. The van der Waals surface area contributed by atoms with Gasteiger partial charge in [0.1, 0.15) is 5.75 Å². The lowest BCUT2D eigenvalue weighted by atomic mass is 10.0. The predicted molar refractivity (Wildman–Crippen MR) is 82.8 cm³/mol. The molecule has 0 aliphatic rings. The average Bonchev–Trinajstić information content (AvgIpc) is 2.44. The summed E-state index contributed by atoms with van der Waals surface area (Å²) in [4.78, 5) is 0. The summed E-state index contributed by atoms with van der Waals surface area (Å²) in [6.07, 6.45) is 6.39. The fourth-order valence-electron chi connectivity index (χ4n) is 2.29. The van der Waals surface area contributed by atoms with Crippen LogP contribution in [0.2, 0.25) is 0 Å². The summed E-state index contributed by atoms with van der Waals surface area (Å²) in [5.41, 5.74) is 1.36. The van der Waals surface area contributed by atoms with Crippen LogP contribution in [0.25, 0.3) is 0 Å². The second-order valence-corrected chi connectivity index (χ2v) is 4.98. The minimum absolute atomic E-state index is 0.470. The van der Waals surface area contributed by atoms with Gasteiger partial charge in [-0.3, -0.25) is 0 Å². The fourth-order valence-corrected chi connectivity index (χ4v) is 2.29. The van der Waals surface area contributed by atoms with Gasteiger partial charge in [-0.1, -0.05) is 45.2 Å². The minimum Gasteiger partial charge on any atom is -0.494 e. The number of hydrogen-bond donors (Lipinski definition) is 1. The molecule has 1 aromatic rings. The summed E-state index contributed by atoms with van der Waals surface area (Å²) in [7, 11) is 0. The van der Waals surface area contributed by atoms with Gasteiger partial charge in [-0.2, -0.15) is 0 Å². The fraction of sp³-hybridized carbons (Fsp3) is 0.647. The molecule has 1 N–H and O–H groups in total. The summed E-state index contributed by atoms with van der Waals surface area (Å²) >= 11 is 0. The molecule has 0 aromatic heterocycles. The first-order chi connectivity index (χ1) is 9.31. The summed E-state index contributed by atoms with van der Waals surface area (Å²) in [6, 6.07) is 8.97. The molecule has 1 atom stereocenters. The van der Waals surface area contributed by atoms with Gasteiger partial charge in [-0.05, 0) is 44.0 Å². The standard InChI is InChI=1S/C17H29NO/c1-4-7-8-9-14-18-17(5-2)15-10-12-16(13-11-15)19-6-3/h10-13,17-18H,4-9,14H2,1-3H3. The van der Waals surface area contributed by atoms with Crippen LogP contribution in [0.4, 0.5) is 0 Å². The van der Waals surface area contributed by atoms with E-state index >= 15 is 0 Å². The quantitative estimate of drug-likeness (QED) is 0.617. The highest BCUT2D eigenvalue weighted by Crippen LogP contribution is 2.20. The molecule has 0 bridgehead atoms. The van der Waals surface area contributed by atoms with E-state index in [0.29, 0.717) is 6.04 Å². The van der Waals surface area contributed by atoms with Crippen molar-refractivity contribution in [1.82, 2.24) is 5.32 Å². The van der Waals surface area contributed by atoms with E-state index < -0.39 is 0 Å². The highest BCUT2D eigenvalue weighted by atomic mass is 16.5. The van der Waals surface area contributed by atoms with E-state index in [9.17, 15) is 0 Å². The Labute approximate surface area is 118 Å². The lowest BCUT2D eigenvalue weighted by Crippen LogP contribution is -2.21. The molecule has 0 saturated heterocycles. The van der Waals surface area contributed by atoms with E-state index in [-0.39, 0.29) is 0 Å². The second-order valence-electron chi connectivity index (χ2n) is 4.98. The Kier molecular flexibility index (Phi) is 8.31. The van der Waals surface area contributed by atoms with Crippen molar-refractivity contribution < 1.29 is 4.74 Å². The molecule has 19 heavy (non-hydrogen) atoms. The smallest absolute Gasteiger partial charge is 0.119 e. The zero-order valence-electron chi connectivity index (χ0n) is 12.7. The number of ether oxygens (including phenoxy) is 1. The van der Waals surface area contributed by atoms with Crippen molar-refractivity contribution in [2.45, 2.75) is 58.9 Å². The summed E-state index contributed by atoms with van der Waals surface area (Å²) in [6.45, 7) is 8.35. The normalized spacial score (nSPS) is 12.4. The highest BCUT2D eigenvalue weighted by Gasteiger charge is 2.08. The van der Waals surface area contributed by atoms with Crippen LogP contribution in [-0.4, -0.2) is 13.2 Å². The van der Waals surface area contributed by atoms with Gasteiger partial charge < -0.3 is 10.1 Å². The molecule has 108 valence electrons. The van der Waals surface area contributed by atoms with Gasteiger partial charge in [0.05, 0.1) is 6.61 Å². The first kappa shape index (κ1) is 16.0. The lowest BCUT2D eigenvalue weighted by molar-refractivity contribution is 0.340. The second kappa shape index (κ2) is 9.85. The van der Waals surface area contributed by atoms with Crippen LogP contribution >= 0.6 is 0 Å². The zero-order chi connectivity index (χ0) is 13.9. The summed E-state index contributed by atoms with van der Waals surface area (Å²) in [5, 5.41) is 3.66. The number of benzene rings is 1. The van der Waals surface area contributed by atoms with Crippen LogP contribution in [0.5, 0.6) is 5.75 Å². The Balaban J connectivity index is 2.40. The van der Waals surface area contributed by atoms with Gasteiger partial charge in [-0.15, -0.1) is 0 Å². The van der Waals surface area contributed by atoms with Gasteiger partial charge in [0, 0.05) is 6.04 Å². The van der Waals surface area contributed by atoms with Crippen LogP contribution in [0.1, 0.15) is 64.5 Å². The van der Waals surface area contributed by atoms with Crippen molar-refractivity contribution in [2.24, 2.45) is 0 Å². The molecule has 2 heteroatoms. The van der Waals surface area contributed by atoms with Crippen LogP contribution < -0.4 is 10.1 Å². The Bertz CT molecular complexity index is 321. The minimum atomic E-state index is 0.470. The van der Waals surface area contributed by atoms with Crippen LogP contribution in [0, 0.1) is 0 Å². The highest BCUT2D eigenvalue weighted by molar-refractivity contribution is 5.29. The molecule has 0 aliphatic carbocycles. The van der Waals surface area contributed by atoms with Gasteiger partial charge in [0.25, 0.3) is 0 Å². The number of hydrogen-bond acceptors (Lipinski definition) is 2. The molecule has 1 rings (SSSR count). The van der Waals surface area contributed by atoms with Crippen LogP contribution in [0.15, 0.2) is 24.3 Å². The molecule has 0 amide bonds. The van der Waals surface area contributed by atoms with Crippen molar-refractivity contribution in [3.8, 4) is 5.75 Å². The van der Waals surface area contributed by atoms with E-state index in [1.54, 1.807) is 0 Å². The third-order valence-electron chi connectivity index (χ3n) is 3.42. The van der Waals surface area contributed by atoms with E-state index in [0.717, 1.165) is 25.3 Å². The molecule has 0 spiro atoms. The Hall–Kier alpha value is -1.02. The third-order valence-corrected chi connectivity index (χ3v) is 3.42. The Morgan fingerprint density at radius 2 is 1.74 bits per heavy atom. The van der Waals surface area contributed by atoms with Gasteiger partial charge in [0.2, 0.25) is 0 Å². The van der Waals surface area contributed by atoms with Crippen molar-refractivity contribution in [3.63, 3.8) is 0 Å². The maximum atomic E-state index is 5.48. The first-order valence-corrected chi connectivity index (χ1v) is 7.77. The number of unbranched alkanes of at least 4 members (excludes halogenated alkanes) is 3. The predicted octanol–water partition coefficient (Wildman–Crippen LogP) is 4.71. The van der Waals surface area contributed by atoms with Crippen LogP contribution in [0.3, 0.4) is 0 Å². The van der Waals surface area contributed by atoms with Gasteiger partial charge >= 0.3 is 0 Å². The molecular weight excluding hydrogens is 234 g/mol. The molecule has 0 saturated carbocycles. The Morgan fingerprint density at radius 1 is 1.00 bits per heavy atom. The molecule has 0 fully saturated rings. The lowest BCUT2D eigenvalue weighted by Gasteiger charge is -2.18. The maximum absolute atomic E-state index is 5.48. The zero-order valence-corrected chi connectivity index (χ0v) is 12.7. The summed E-state index contributed by atoms with van der Waals surface area (Å²) in [5.74, 6) is 0.962. The first-order valence-electron chi connectivity index (χ1n) is 7.77. The van der Waals surface area contributed by atoms with E-state index in [1.807, 2.05) is 6.92 Å². The molecule has 0 aliphatic heterocycles. The SMILES string of the molecule is CCCCCCNC(CC)c1ccc(OCC)cc1. The monoisotopic (exact) mass is 263 g/mol. The molecule has 0 radical (unpaired) electrons. The van der Waals surface area contributed by atoms with Crippen LogP contribution in [-0.2, 0) is 0 Å². The Morgan fingerprint density at radius 3 is 2.32 bits per heavy atom. The third kappa shape index (κ3) is 6.11.